The second-order valence-electron chi connectivity index (χ2n) is 8.59. The maximum atomic E-state index is 12.1. The van der Waals surface area contributed by atoms with Gasteiger partial charge in [0.1, 0.15) is 6.61 Å². The lowest BCUT2D eigenvalue weighted by molar-refractivity contribution is -0.128. The molecule has 0 bridgehead atoms. The van der Waals surface area contributed by atoms with Crippen LogP contribution in [0.5, 0.6) is 0 Å². The fraction of sp³-hybridized carbons (Fsp3) is 0.955. The van der Waals surface area contributed by atoms with Crippen molar-refractivity contribution in [2.75, 3.05) is 66.1 Å². The van der Waals surface area contributed by atoms with Crippen molar-refractivity contribution in [2.45, 2.75) is 54.0 Å². The third-order valence-corrected chi connectivity index (χ3v) is 3.72. The number of carbonyl (C=O) groups excluding carboxylic acids is 1. The maximum absolute atomic E-state index is 12.1. The van der Waals surface area contributed by atoms with Gasteiger partial charge in [-0.15, -0.1) is 0 Å². The van der Waals surface area contributed by atoms with E-state index in [9.17, 15) is 4.79 Å². The Balaban J connectivity index is 3.81. The summed E-state index contributed by atoms with van der Waals surface area (Å²) in [6, 6.07) is -0.178. The van der Waals surface area contributed by atoms with Gasteiger partial charge in [-0.25, -0.2) is 0 Å². The van der Waals surface area contributed by atoms with Gasteiger partial charge in [0.25, 0.3) is 0 Å². The van der Waals surface area contributed by atoms with Crippen LogP contribution in [0.15, 0.2) is 0 Å². The third kappa shape index (κ3) is 21.8. The van der Waals surface area contributed by atoms with Crippen LogP contribution in [0.25, 0.3) is 0 Å². The Hall–Kier alpha value is -0.730. The number of ether oxygens (including phenoxy) is 5. The molecule has 174 valence electrons. The molecule has 0 aliphatic carbocycles. The molecule has 0 rings (SSSR count). The lowest BCUT2D eigenvalue weighted by Crippen LogP contribution is -2.43. The lowest BCUT2D eigenvalue weighted by atomic mass is 10.1. The van der Waals surface area contributed by atoms with Crippen LogP contribution < -0.4 is 5.32 Å². The summed E-state index contributed by atoms with van der Waals surface area (Å²) in [6.45, 7) is 17.6. The quantitative estimate of drug-likeness (QED) is 0.306. The van der Waals surface area contributed by atoms with Gasteiger partial charge in [-0.2, -0.15) is 0 Å². The SMILES string of the molecule is CC(C)CCOCCOCCOCC(=O)NC(COCC(C)C)COCC(C)C. The van der Waals surface area contributed by atoms with Crippen molar-refractivity contribution in [3.8, 4) is 0 Å². The molecule has 0 heterocycles. The zero-order valence-corrected chi connectivity index (χ0v) is 19.5. The highest BCUT2D eigenvalue weighted by Crippen LogP contribution is 1.99. The second kappa shape index (κ2) is 19.2. The van der Waals surface area contributed by atoms with Crippen molar-refractivity contribution < 1.29 is 28.5 Å². The average molecular weight is 420 g/mol. The Labute approximate surface area is 178 Å². The molecule has 7 nitrogen and oxygen atoms in total. The largest absolute Gasteiger partial charge is 0.379 e. The third-order valence-electron chi connectivity index (χ3n) is 3.72. The topological polar surface area (TPSA) is 75.3 Å². The molecule has 0 aliphatic rings. The zero-order valence-electron chi connectivity index (χ0n) is 19.5. The van der Waals surface area contributed by atoms with Crippen LogP contribution in [0.3, 0.4) is 0 Å². The van der Waals surface area contributed by atoms with E-state index in [4.69, 9.17) is 23.7 Å². The van der Waals surface area contributed by atoms with Gasteiger partial charge in [0, 0.05) is 19.8 Å². The molecular formula is C22H45NO6. The molecule has 7 heteroatoms. The fourth-order valence-corrected chi connectivity index (χ4v) is 2.22. The Kier molecular flexibility index (Phi) is 18.8. The summed E-state index contributed by atoms with van der Waals surface area (Å²) in [5, 5.41) is 2.92. The van der Waals surface area contributed by atoms with Crippen molar-refractivity contribution in [1.29, 1.82) is 0 Å². The molecule has 0 fully saturated rings. The molecule has 0 aromatic carbocycles. The van der Waals surface area contributed by atoms with Gasteiger partial charge in [0.2, 0.25) is 5.91 Å². The van der Waals surface area contributed by atoms with Crippen LogP contribution in [0.4, 0.5) is 0 Å². The summed E-state index contributed by atoms with van der Waals surface area (Å²) < 4.78 is 27.6. The van der Waals surface area contributed by atoms with E-state index in [-0.39, 0.29) is 18.6 Å². The number of hydrogen-bond acceptors (Lipinski definition) is 6. The van der Waals surface area contributed by atoms with Crippen molar-refractivity contribution in [3.63, 3.8) is 0 Å². The first kappa shape index (κ1) is 28.3. The monoisotopic (exact) mass is 419 g/mol. The van der Waals surface area contributed by atoms with Crippen molar-refractivity contribution >= 4 is 5.91 Å². The number of carbonyl (C=O) groups is 1. The maximum Gasteiger partial charge on any atom is 0.246 e. The number of rotatable bonds is 20. The minimum absolute atomic E-state index is 0.000883. The van der Waals surface area contributed by atoms with E-state index >= 15 is 0 Å². The summed E-state index contributed by atoms with van der Waals surface area (Å²) in [6.07, 6.45) is 1.06. The van der Waals surface area contributed by atoms with E-state index in [2.05, 4.69) is 46.9 Å². The molecule has 0 spiro atoms. The Morgan fingerprint density at radius 3 is 1.59 bits per heavy atom. The van der Waals surface area contributed by atoms with Gasteiger partial charge in [0.15, 0.2) is 0 Å². The summed E-state index contributed by atoms with van der Waals surface area (Å²) in [7, 11) is 0. The van der Waals surface area contributed by atoms with Gasteiger partial charge in [-0.1, -0.05) is 41.5 Å². The van der Waals surface area contributed by atoms with Crippen LogP contribution in [0.2, 0.25) is 0 Å². The Morgan fingerprint density at radius 1 is 0.621 bits per heavy atom. The van der Waals surface area contributed by atoms with Crippen LogP contribution in [0.1, 0.15) is 48.0 Å². The first-order valence-electron chi connectivity index (χ1n) is 11.0. The fourth-order valence-electron chi connectivity index (χ4n) is 2.22. The van der Waals surface area contributed by atoms with Gasteiger partial charge in [-0.3, -0.25) is 4.79 Å². The van der Waals surface area contributed by atoms with Crippen LogP contribution in [-0.2, 0) is 28.5 Å². The minimum atomic E-state index is -0.178. The summed E-state index contributed by atoms with van der Waals surface area (Å²) in [4.78, 5) is 12.1. The van der Waals surface area contributed by atoms with Gasteiger partial charge in [-0.05, 0) is 24.2 Å². The lowest BCUT2D eigenvalue weighted by Gasteiger charge is -2.20. The van der Waals surface area contributed by atoms with Crippen molar-refractivity contribution in [2.24, 2.45) is 17.8 Å². The van der Waals surface area contributed by atoms with E-state index < -0.39 is 0 Å². The average Bonchev–Trinajstić information content (AvgIpc) is 2.62. The number of nitrogens with one attached hydrogen (secondary N) is 1. The van der Waals surface area contributed by atoms with Crippen molar-refractivity contribution in [3.05, 3.63) is 0 Å². The summed E-state index contributed by atoms with van der Waals surface area (Å²) in [5.41, 5.74) is 0. The smallest absolute Gasteiger partial charge is 0.246 e. The molecule has 0 unspecified atom stereocenters. The van der Waals surface area contributed by atoms with Crippen LogP contribution in [0, 0.1) is 17.8 Å². The molecular weight excluding hydrogens is 374 g/mol. The molecule has 0 atom stereocenters. The molecule has 0 saturated heterocycles. The second-order valence-corrected chi connectivity index (χ2v) is 8.59. The predicted molar refractivity (Wildman–Crippen MR) is 115 cm³/mol. The number of hydrogen-bond donors (Lipinski definition) is 1. The highest BCUT2D eigenvalue weighted by molar-refractivity contribution is 5.77. The van der Waals surface area contributed by atoms with Gasteiger partial charge < -0.3 is 29.0 Å². The normalized spacial score (nSPS) is 11.9. The highest BCUT2D eigenvalue weighted by atomic mass is 16.5. The van der Waals surface area contributed by atoms with Gasteiger partial charge in [0.05, 0.1) is 45.7 Å². The minimum Gasteiger partial charge on any atom is -0.379 e. The standard InChI is InChI=1S/C22H45NO6/c1-18(2)7-8-25-9-10-26-11-12-27-17-22(24)23-21(15-28-13-19(3)4)16-29-14-20(5)6/h18-21H,7-17H2,1-6H3,(H,23,24). The van der Waals surface area contributed by atoms with E-state index in [1.54, 1.807) is 0 Å². The number of amides is 1. The Bertz CT molecular complexity index is 362. The molecule has 0 aromatic heterocycles. The predicted octanol–water partition coefficient (Wildman–Crippen LogP) is 2.91. The first-order chi connectivity index (χ1) is 13.8. The summed E-state index contributed by atoms with van der Waals surface area (Å²) in [5.74, 6) is 1.38. The molecule has 1 amide bonds. The molecule has 0 radical (unpaired) electrons. The van der Waals surface area contributed by atoms with E-state index in [0.29, 0.717) is 70.6 Å². The van der Waals surface area contributed by atoms with Crippen LogP contribution >= 0.6 is 0 Å². The molecule has 1 N–H and O–H groups in total. The Morgan fingerprint density at radius 2 is 1.10 bits per heavy atom. The first-order valence-corrected chi connectivity index (χ1v) is 11.0. The molecule has 0 aliphatic heterocycles. The van der Waals surface area contributed by atoms with E-state index in [1.165, 1.54) is 0 Å². The zero-order chi connectivity index (χ0) is 21.9. The summed E-state index contributed by atoms with van der Waals surface area (Å²) >= 11 is 0. The molecule has 0 saturated carbocycles. The van der Waals surface area contributed by atoms with Crippen LogP contribution in [-0.4, -0.2) is 78.0 Å². The van der Waals surface area contributed by atoms with Gasteiger partial charge >= 0.3 is 0 Å². The molecule has 29 heavy (non-hydrogen) atoms. The molecule has 0 aromatic rings. The highest BCUT2D eigenvalue weighted by Gasteiger charge is 2.14. The van der Waals surface area contributed by atoms with E-state index in [0.717, 1.165) is 13.0 Å². The van der Waals surface area contributed by atoms with Crippen molar-refractivity contribution in [1.82, 2.24) is 5.32 Å². The van der Waals surface area contributed by atoms with E-state index in [1.807, 2.05) is 0 Å².